The Morgan fingerprint density at radius 1 is 1.03 bits per heavy atom. The third-order valence-corrected chi connectivity index (χ3v) is 14.4. The molecule has 2 fully saturated rings. The highest BCUT2D eigenvalue weighted by Crippen LogP contribution is 2.57. The lowest BCUT2D eigenvalue weighted by molar-refractivity contribution is -0.384. The van der Waals surface area contributed by atoms with E-state index in [0.717, 1.165) is 17.6 Å². The fraction of sp³-hybridized carbons (Fsp3) is 0.395. The molecule has 1 saturated carbocycles. The summed E-state index contributed by atoms with van der Waals surface area (Å²) in [5, 5.41) is 23.2. The van der Waals surface area contributed by atoms with Crippen molar-refractivity contribution in [3.63, 3.8) is 0 Å². The predicted molar refractivity (Wildman–Crippen MR) is 240 cm³/mol. The van der Waals surface area contributed by atoms with Crippen LogP contribution in [0.3, 0.4) is 0 Å². The lowest BCUT2D eigenvalue weighted by Crippen LogP contribution is -2.40. The van der Waals surface area contributed by atoms with Crippen molar-refractivity contribution in [2.24, 2.45) is 11.8 Å². The minimum absolute atomic E-state index is 0.0116. The molecule has 1 N–H and O–H groups in total. The number of nitro groups is 1. The molecule has 1 aliphatic heterocycles. The van der Waals surface area contributed by atoms with Crippen molar-refractivity contribution in [3.8, 4) is 11.9 Å². The van der Waals surface area contributed by atoms with Crippen LogP contribution in [0, 0.1) is 33.3 Å². The molecule has 66 heavy (non-hydrogen) atoms. The number of nitrogens with zero attached hydrogens (tertiary/aromatic N) is 11. The molecule has 2 aromatic carbocycles. The predicted octanol–water partition coefficient (Wildman–Crippen LogP) is 7.49. The molecule has 1 unspecified atom stereocenters. The molecule has 23 heteroatoms. The van der Waals surface area contributed by atoms with Crippen molar-refractivity contribution in [1.82, 2.24) is 43.4 Å². The number of nitro benzene ring substituents is 1. The number of hydrogen-bond donors (Lipinski definition) is 1. The van der Waals surface area contributed by atoms with Crippen LogP contribution in [0.15, 0.2) is 86.0 Å². The summed E-state index contributed by atoms with van der Waals surface area (Å²) in [6.45, 7) is 0.617. The molecular weight excluding hydrogens is 895 g/mol. The zero-order valence-electron chi connectivity index (χ0n) is 35.7. The second kappa shape index (κ2) is 19.2. The van der Waals surface area contributed by atoms with Crippen LogP contribution in [-0.2, 0) is 36.5 Å². The van der Waals surface area contributed by atoms with Crippen molar-refractivity contribution in [2.75, 3.05) is 25.1 Å². The van der Waals surface area contributed by atoms with Crippen LogP contribution in [0.4, 0.5) is 15.9 Å². The number of non-ortho nitro benzene ring substituents is 1. The van der Waals surface area contributed by atoms with Gasteiger partial charge in [-0.25, -0.2) is 29.3 Å². The van der Waals surface area contributed by atoms with Gasteiger partial charge in [-0.3, -0.25) is 28.4 Å². The minimum atomic E-state index is -3.67. The van der Waals surface area contributed by atoms with Gasteiger partial charge in [0.25, 0.3) is 11.6 Å². The smallest absolute Gasteiger partial charge is 0.327 e. The number of aromatic nitrogens is 9. The largest absolute Gasteiger partial charge is 0.476 e. The summed E-state index contributed by atoms with van der Waals surface area (Å²) in [4.78, 5) is 50.4. The van der Waals surface area contributed by atoms with E-state index in [1.54, 1.807) is 55.0 Å². The number of rotatable bonds is 19. The molecule has 1 amide bonds. The van der Waals surface area contributed by atoms with Gasteiger partial charge in [-0.05, 0) is 54.2 Å². The summed E-state index contributed by atoms with van der Waals surface area (Å²) < 4.78 is 53.4. The molecular formula is C43H44FN12O8PS. The second-order valence-corrected chi connectivity index (χ2v) is 18.8. The Kier molecular flexibility index (Phi) is 13.1. The number of halogens is 1. The fourth-order valence-electron chi connectivity index (χ4n) is 8.63. The number of benzene rings is 2. The highest BCUT2D eigenvalue weighted by atomic mass is 32.5. The van der Waals surface area contributed by atoms with E-state index in [-0.39, 0.29) is 66.8 Å². The molecule has 1 aliphatic carbocycles. The number of carbonyl (C=O) groups is 1. The number of amides is 1. The number of anilines is 1. The number of hydrogen-bond acceptors (Lipinski definition) is 16. The Hall–Kier alpha value is -6.34. The first kappa shape index (κ1) is 44.8. The maximum atomic E-state index is 16.8. The Morgan fingerprint density at radius 2 is 1.82 bits per heavy atom. The van der Waals surface area contributed by atoms with Crippen molar-refractivity contribution in [3.05, 3.63) is 107 Å². The number of ether oxygens (including phenoxy) is 2. The van der Waals surface area contributed by atoms with E-state index in [9.17, 15) is 20.2 Å². The zero-order chi connectivity index (χ0) is 46.0. The molecule has 0 spiro atoms. The Morgan fingerprint density at radius 3 is 2.58 bits per heavy atom. The van der Waals surface area contributed by atoms with Crippen molar-refractivity contribution < 1.29 is 37.2 Å². The van der Waals surface area contributed by atoms with Gasteiger partial charge in [-0.15, -0.1) is 0 Å². The summed E-state index contributed by atoms with van der Waals surface area (Å²) >= 11 is 5.96. The van der Waals surface area contributed by atoms with Gasteiger partial charge in [0, 0.05) is 42.6 Å². The van der Waals surface area contributed by atoms with Gasteiger partial charge in [0.1, 0.15) is 12.4 Å². The SMILES string of the molecule is CC[C@@H]1[C@@H](COP(=S)(OCCC#N)O[C@H]2[C@@H](F)[C@H](n3cnc4c(NC(=O)c5ccccc5)ncnc43)O[C@@H]2CC)C[C@H]1n1cnc2c(OCCc3ccc([N+](=O)[O-])cc3)nc3nccn3c21. The maximum Gasteiger partial charge on any atom is 0.327 e. The highest BCUT2D eigenvalue weighted by molar-refractivity contribution is 8.07. The topological polar surface area (TPSA) is 234 Å². The maximum absolute atomic E-state index is 16.8. The quantitative estimate of drug-likeness (QED) is 0.0358. The van der Waals surface area contributed by atoms with Gasteiger partial charge in [-0.2, -0.15) is 10.2 Å². The molecule has 0 radical (unpaired) electrons. The first-order chi connectivity index (χ1) is 32.1. The molecule has 8 atom stereocenters. The third-order valence-electron chi connectivity index (χ3n) is 12.0. The summed E-state index contributed by atoms with van der Waals surface area (Å²) in [7, 11) is 0. The van der Waals surface area contributed by atoms with Crippen molar-refractivity contribution >= 4 is 64.0 Å². The van der Waals surface area contributed by atoms with E-state index in [1.807, 2.05) is 23.6 Å². The minimum Gasteiger partial charge on any atom is -0.476 e. The zero-order valence-corrected chi connectivity index (χ0v) is 37.4. The summed E-state index contributed by atoms with van der Waals surface area (Å²) in [6, 6.07) is 17.0. The molecule has 7 aromatic rings. The lowest BCUT2D eigenvalue weighted by Gasteiger charge is -2.45. The standard InChI is InChI=1S/C43H44FN12O8PS/c1-3-30-28(21-31(30)54-24-50-35-40(52-43-46-17-18-53(43)41(35)54)60-20-15-26-11-13-29(14-12-26)56(58)59)22-62-65(66,61-19-8-16-45)64-36-32(4-2)63-42(33(36)44)55-25-49-34-37(47-23-48-38(34)55)51-39(57)27-9-6-5-7-10-27/h5-7,9-14,17-18,23-25,28,30-33,36,42H,3-4,8,15,19-22H2,1-2H3,(H,47,48,51,57)/t28-,30-,31-,32-,33-,36-,42-,65?/m1/s1. The lowest BCUT2D eigenvalue weighted by atomic mass is 9.68. The molecule has 5 aromatic heterocycles. The van der Waals surface area contributed by atoms with Gasteiger partial charge in [0.15, 0.2) is 40.5 Å². The van der Waals surface area contributed by atoms with Crippen LogP contribution in [0.1, 0.15) is 67.7 Å². The molecule has 2 aliphatic rings. The van der Waals surface area contributed by atoms with Crippen LogP contribution in [-0.4, -0.2) is 92.5 Å². The van der Waals surface area contributed by atoms with Crippen molar-refractivity contribution in [1.29, 1.82) is 5.26 Å². The van der Waals surface area contributed by atoms with Gasteiger partial charge in [0.2, 0.25) is 11.7 Å². The molecule has 6 heterocycles. The molecule has 0 bridgehead atoms. The highest BCUT2D eigenvalue weighted by Gasteiger charge is 2.50. The number of nitriles is 1. The van der Waals surface area contributed by atoms with Crippen LogP contribution in [0.25, 0.3) is 28.1 Å². The number of nitrogens with one attached hydrogen (secondary N) is 1. The average Bonchev–Trinajstić information content (AvgIpc) is 4.13. The van der Waals surface area contributed by atoms with E-state index in [4.69, 9.17) is 39.8 Å². The third kappa shape index (κ3) is 8.85. The Labute approximate surface area is 381 Å². The van der Waals surface area contributed by atoms with E-state index in [0.29, 0.717) is 42.0 Å². The first-order valence-corrected chi connectivity index (χ1v) is 24.0. The Bertz CT molecular complexity index is 2970. The summed E-state index contributed by atoms with van der Waals surface area (Å²) in [5.74, 6) is 0.651. The van der Waals surface area contributed by atoms with Crippen LogP contribution < -0.4 is 10.1 Å². The first-order valence-electron chi connectivity index (χ1n) is 21.4. The van der Waals surface area contributed by atoms with E-state index in [1.165, 1.54) is 29.4 Å². The summed E-state index contributed by atoms with van der Waals surface area (Å²) in [5.41, 5.74) is 3.12. The van der Waals surface area contributed by atoms with E-state index in [2.05, 4.69) is 41.7 Å². The second-order valence-electron chi connectivity index (χ2n) is 15.8. The van der Waals surface area contributed by atoms with Gasteiger partial charge >= 0.3 is 6.72 Å². The van der Waals surface area contributed by atoms with Crippen LogP contribution in [0.5, 0.6) is 5.88 Å². The monoisotopic (exact) mass is 938 g/mol. The number of alkyl halides is 1. The van der Waals surface area contributed by atoms with E-state index >= 15 is 4.39 Å². The normalized spacial score (nSPS) is 22.5. The van der Waals surface area contributed by atoms with Crippen LogP contribution >= 0.6 is 6.72 Å². The van der Waals surface area contributed by atoms with Gasteiger partial charge < -0.3 is 28.4 Å². The molecule has 20 nitrogen and oxygen atoms in total. The molecule has 342 valence electrons. The van der Waals surface area contributed by atoms with Crippen LogP contribution in [0.2, 0.25) is 0 Å². The van der Waals surface area contributed by atoms with E-state index < -0.39 is 42.2 Å². The van der Waals surface area contributed by atoms with Crippen molar-refractivity contribution in [2.45, 2.75) is 76.6 Å². The number of imidazole rings is 3. The fourth-order valence-corrected chi connectivity index (χ4v) is 10.8. The molecule has 1 saturated heterocycles. The Balaban J connectivity index is 0.888. The van der Waals surface area contributed by atoms with Gasteiger partial charge in [0.05, 0.1) is 56.0 Å². The van der Waals surface area contributed by atoms with Gasteiger partial charge in [-0.1, -0.05) is 50.6 Å². The number of fused-ring (bicyclic) bond motifs is 4. The molecule has 9 rings (SSSR count). The summed E-state index contributed by atoms with van der Waals surface area (Å²) in [6.07, 6.45) is 5.30. The number of carbonyl (C=O) groups excluding carboxylic acids is 1. The average molecular weight is 939 g/mol.